The molecule has 0 fully saturated rings. The van der Waals surface area contributed by atoms with Crippen LogP contribution >= 0.6 is 0 Å². The number of nitrogens with zero attached hydrogens (tertiary/aromatic N) is 2. The van der Waals surface area contributed by atoms with Crippen molar-refractivity contribution < 1.29 is 8.83 Å². The molecule has 0 saturated heterocycles. The van der Waals surface area contributed by atoms with Crippen LogP contribution in [0, 0.1) is 0 Å². The van der Waals surface area contributed by atoms with E-state index in [9.17, 15) is 4.79 Å². The summed E-state index contributed by atoms with van der Waals surface area (Å²) in [6.45, 7) is 0. The first-order valence-electron chi connectivity index (χ1n) is 16.1. The Morgan fingerprint density at radius 2 is 0.771 bits per heavy atom. The Bertz CT molecular complexity index is 3150. The fourth-order valence-corrected chi connectivity index (χ4v) is 7.78. The number of para-hydroxylation sites is 4. The SMILES string of the molecule is O=c1c2cc(-n3c4ccccc4c4cc(-n5c6ccccc6c6ccccc65)ccc43)ccc2oc2cc3c(cc12)oc1ccccc13. The van der Waals surface area contributed by atoms with Gasteiger partial charge >= 0.3 is 0 Å². The lowest BCUT2D eigenvalue weighted by molar-refractivity contribution is 0.657. The molecule has 0 bridgehead atoms. The van der Waals surface area contributed by atoms with Crippen molar-refractivity contribution in [2.24, 2.45) is 0 Å². The molecule has 224 valence electrons. The lowest BCUT2D eigenvalue weighted by Gasteiger charge is -2.11. The van der Waals surface area contributed by atoms with Crippen LogP contribution in [0.5, 0.6) is 0 Å². The van der Waals surface area contributed by atoms with Gasteiger partial charge in [-0.15, -0.1) is 0 Å². The molecule has 7 aromatic carbocycles. The van der Waals surface area contributed by atoms with E-state index >= 15 is 0 Å². The van der Waals surface area contributed by atoms with Gasteiger partial charge < -0.3 is 18.0 Å². The Labute approximate surface area is 272 Å². The van der Waals surface area contributed by atoms with E-state index in [4.69, 9.17) is 8.83 Å². The lowest BCUT2D eigenvalue weighted by atomic mass is 10.1. The first kappa shape index (κ1) is 25.6. The van der Waals surface area contributed by atoms with Crippen molar-refractivity contribution >= 4 is 87.5 Å². The summed E-state index contributed by atoms with van der Waals surface area (Å²) < 4.78 is 17.1. The Morgan fingerprint density at radius 1 is 0.333 bits per heavy atom. The molecule has 11 rings (SSSR count). The molecule has 0 unspecified atom stereocenters. The minimum Gasteiger partial charge on any atom is -0.456 e. The maximum absolute atomic E-state index is 14.1. The molecular formula is C43H24N2O3. The fraction of sp³-hybridized carbons (Fsp3) is 0. The number of furan rings is 1. The van der Waals surface area contributed by atoms with Gasteiger partial charge in [-0.25, -0.2) is 0 Å². The third-order valence-electron chi connectivity index (χ3n) is 9.90. The largest absolute Gasteiger partial charge is 0.456 e. The molecule has 4 heterocycles. The van der Waals surface area contributed by atoms with Gasteiger partial charge in [0.15, 0.2) is 0 Å². The monoisotopic (exact) mass is 616 g/mol. The molecule has 5 heteroatoms. The summed E-state index contributed by atoms with van der Waals surface area (Å²) in [5.74, 6) is 0. The minimum absolute atomic E-state index is 0.0788. The van der Waals surface area contributed by atoms with Gasteiger partial charge in [0.05, 0.1) is 32.8 Å². The van der Waals surface area contributed by atoms with Crippen LogP contribution in [-0.2, 0) is 0 Å². The second-order valence-corrected chi connectivity index (χ2v) is 12.5. The molecule has 0 amide bonds. The first-order valence-corrected chi connectivity index (χ1v) is 16.1. The second-order valence-electron chi connectivity index (χ2n) is 12.5. The average Bonchev–Trinajstić information content (AvgIpc) is 3.78. The van der Waals surface area contributed by atoms with Crippen LogP contribution in [0.15, 0.2) is 159 Å². The van der Waals surface area contributed by atoms with E-state index in [1.165, 1.54) is 21.8 Å². The van der Waals surface area contributed by atoms with Gasteiger partial charge in [-0.2, -0.15) is 0 Å². The van der Waals surface area contributed by atoms with Crippen LogP contribution in [0.4, 0.5) is 0 Å². The standard InChI is InChI=1S/C43H24N2O3/c46-43-33-22-26(18-20-40(33)48-42-23-32-30-12-4-8-16-39(30)47-41(32)24-34(42)43)45-37-15-7-3-11-29(37)31-21-25(17-19-38(31)45)44-35-13-5-1-9-27(35)28-10-2-6-14-36(28)44/h1-24H. The Morgan fingerprint density at radius 3 is 1.44 bits per heavy atom. The van der Waals surface area contributed by atoms with Gasteiger partial charge in [0.2, 0.25) is 5.43 Å². The van der Waals surface area contributed by atoms with Crippen molar-refractivity contribution in [3.63, 3.8) is 0 Å². The second kappa shape index (κ2) is 9.24. The van der Waals surface area contributed by atoms with Gasteiger partial charge in [-0.3, -0.25) is 4.79 Å². The molecule has 0 saturated carbocycles. The topological polar surface area (TPSA) is 53.2 Å². The number of hydrogen-bond acceptors (Lipinski definition) is 3. The van der Waals surface area contributed by atoms with Crippen molar-refractivity contribution in [3.8, 4) is 11.4 Å². The normalized spacial score (nSPS) is 12.2. The van der Waals surface area contributed by atoms with Crippen LogP contribution in [0.2, 0.25) is 0 Å². The quantitative estimate of drug-likeness (QED) is 0.182. The molecule has 0 atom stereocenters. The summed E-state index contributed by atoms with van der Waals surface area (Å²) in [4.78, 5) is 14.1. The van der Waals surface area contributed by atoms with Crippen LogP contribution in [-0.4, -0.2) is 9.13 Å². The lowest BCUT2D eigenvalue weighted by Crippen LogP contribution is -2.03. The van der Waals surface area contributed by atoms with Crippen LogP contribution in [0.1, 0.15) is 0 Å². The summed E-state index contributed by atoms with van der Waals surface area (Å²) in [7, 11) is 0. The van der Waals surface area contributed by atoms with E-state index in [-0.39, 0.29) is 5.43 Å². The Balaban J connectivity index is 1.14. The van der Waals surface area contributed by atoms with E-state index in [1.807, 2.05) is 54.6 Å². The van der Waals surface area contributed by atoms with Gasteiger partial charge in [0, 0.05) is 43.7 Å². The number of fused-ring (bicyclic) bond motifs is 11. The average molecular weight is 617 g/mol. The summed E-state index contributed by atoms with van der Waals surface area (Å²) in [6.07, 6.45) is 0. The van der Waals surface area contributed by atoms with E-state index in [1.54, 1.807) is 0 Å². The number of hydrogen-bond donors (Lipinski definition) is 0. The van der Waals surface area contributed by atoms with E-state index < -0.39 is 0 Å². The summed E-state index contributed by atoms with van der Waals surface area (Å²) >= 11 is 0. The zero-order valence-corrected chi connectivity index (χ0v) is 25.5. The molecule has 0 aliphatic rings. The van der Waals surface area contributed by atoms with Crippen molar-refractivity contribution in [1.82, 2.24) is 9.13 Å². The van der Waals surface area contributed by atoms with Gasteiger partial charge in [0.25, 0.3) is 0 Å². The third-order valence-corrected chi connectivity index (χ3v) is 9.90. The maximum atomic E-state index is 14.1. The highest BCUT2D eigenvalue weighted by Gasteiger charge is 2.18. The molecule has 5 nitrogen and oxygen atoms in total. The summed E-state index contributed by atoms with van der Waals surface area (Å²) in [6, 6.07) is 49.8. The number of aromatic nitrogens is 2. The third kappa shape index (κ3) is 3.37. The van der Waals surface area contributed by atoms with Gasteiger partial charge in [-0.05, 0) is 72.8 Å². The molecule has 0 spiro atoms. The molecule has 11 aromatic rings. The van der Waals surface area contributed by atoms with Crippen molar-refractivity contribution in [2.45, 2.75) is 0 Å². The van der Waals surface area contributed by atoms with E-state index in [0.29, 0.717) is 27.5 Å². The fourth-order valence-electron chi connectivity index (χ4n) is 7.78. The van der Waals surface area contributed by atoms with Gasteiger partial charge in [-0.1, -0.05) is 72.8 Å². The van der Waals surface area contributed by atoms with Crippen molar-refractivity contribution in [1.29, 1.82) is 0 Å². The van der Waals surface area contributed by atoms with E-state index in [2.05, 4.69) is 100 Å². The molecule has 48 heavy (non-hydrogen) atoms. The zero-order valence-electron chi connectivity index (χ0n) is 25.5. The van der Waals surface area contributed by atoms with Crippen LogP contribution in [0.3, 0.4) is 0 Å². The zero-order chi connectivity index (χ0) is 31.5. The first-order chi connectivity index (χ1) is 23.7. The van der Waals surface area contributed by atoms with E-state index in [0.717, 1.165) is 49.5 Å². The summed E-state index contributed by atoms with van der Waals surface area (Å²) in [5.41, 5.74) is 8.97. The molecule has 4 aromatic heterocycles. The highest BCUT2D eigenvalue weighted by atomic mass is 16.3. The smallest absolute Gasteiger partial charge is 0.200 e. The van der Waals surface area contributed by atoms with Crippen molar-refractivity contribution in [3.05, 3.63) is 156 Å². The molecule has 0 aliphatic heterocycles. The number of benzene rings is 7. The van der Waals surface area contributed by atoms with Gasteiger partial charge in [0.1, 0.15) is 22.3 Å². The molecule has 0 radical (unpaired) electrons. The predicted molar refractivity (Wildman–Crippen MR) is 196 cm³/mol. The number of rotatable bonds is 2. The molecule has 0 aliphatic carbocycles. The Kier molecular flexibility index (Phi) is 4.93. The van der Waals surface area contributed by atoms with Crippen molar-refractivity contribution in [2.75, 3.05) is 0 Å². The highest BCUT2D eigenvalue weighted by molar-refractivity contribution is 6.13. The summed E-state index contributed by atoms with van der Waals surface area (Å²) in [5, 5.41) is 7.73. The minimum atomic E-state index is -0.0788. The molecular weight excluding hydrogens is 592 g/mol. The van der Waals surface area contributed by atoms with Crippen LogP contribution in [0.25, 0.3) is 98.9 Å². The highest BCUT2D eigenvalue weighted by Crippen LogP contribution is 2.38. The molecule has 0 N–H and O–H groups in total. The Hall–Kier alpha value is -6.59. The van der Waals surface area contributed by atoms with Crippen LogP contribution < -0.4 is 5.43 Å². The predicted octanol–water partition coefficient (Wildman–Crippen LogP) is 11.0. The maximum Gasteiger partial charge on any atom is 0.200 e.